The van der Waals surface area contributed by atoms with Crippen molar-refractivity contribution in [1.29, 1.82) is 0 Å². The third-order valence-corrected chi connectivity index (χ3v) is 6.08. The summed E-state index contributed by atoms with van der Waals surface area (Å²) in [5.41, 5.74) is 1.38. The Balaban J connectivity index is 1.43. The van der Waals surface area contributed by atoms with Gasteiger partial charge in [0.15, 0.2) is 0 Å². The Bertz CT molecular complexity index is 1250. The number of carbonyl (C=O) groups is 1. The summed E-state index contributed by atoms with van der Waals surface area (Å²) in [7, 11) is 1.34. The van der Waals surface area contributed by atoms with Crippen LogP contribution in [0.25, 0.3) is 16.9 Å². The van der Waals surface area contributed by atoms with E-state index in [1.807, 2.05) is 0 Å². The maximum Gasteiger partial charge on any atom is 0.387 e. The molecule has 2 saturated carbocycles. The summed E-state index contributed by atoms with van der Waals surface area (Å²) < 4.78 is 69.8. The molecule has 1 aromatic carbocycles. The average molecular weight is 493 g/mol. The van der Waals surface area contributed by atoms with Crippen molar-refractivity contribution in [3.8, 4) is 28.5 Å². The molecule has 1 N–H and O–H groups in total. The molecule has 2 aliphatic carbocycles. The molecule has 5 rings (SSSR count). The summed E-state index contributed by atoms with van der Waals surface area (Å²) >= 11 is 0. The Morgan fingerprint density at radius 3 is 2.63 bits per heavy atom. The van der Waals surface area contributed by atoms with Crippen molar-refractivity contribution < 1.29 is 36.6 Å². The van der Waals surface area contributed by atoms with Crippen molar-refractivity contribution in [3.63, 3.8) is 0 Å². The maximum absolute atomic E-state index is 13.2. The number of fused-ring (bicyclic) bond motifs is 1. The highest BCUT2D eigenvalue weighted by molar-refractivity contribution is 6.01. The van der Waals surface area contributed by atoms with E-state index in [1.54, 1.807) is 28.8 Å². The highest BCUT2D eigenvalue weighted by Gasteiger charge is 2.45. The number of benzene rings is 1. The number of carbonyl (C=O) groups excluding carboxylic acids is 1. The van der Waals surface area contributed by atoms with Crippen LogP contribution in [-0.4, -0.2) is 47.6 Å². The summed E-state index contributed by atoms with van der Waals surface area (Å²) in [5, 5.41) is 2.76. The van der Waals surface area contributed by atoms with Crippen molar-refractivity contribution in [1.82, 2.24) is 14.7 Å². The zero-order chi connectivity index (χ0) is 24.7. The number of ether oxygens (including phenoxy) is 3. The monoisotopic (exact) mass is 493 g/mol. The van der Waals surface area contributed by atoms with E-state index in [0.717, 1.165) is 12.8 Å². The first kappa shape index (κ1) is 23.3. The van der Waals surface area contributed by atoms with Gasteiger partial charge in [0.1, 0.15) is 28.5 Å². The molecule has 35 heavy (non-hydrogen) atoms. The van der Waals surface area contributed by atoms with E-state index in [1.165, 1.54) is 19.4 Å². The fourth-order valence-corrected chi connectivity index (χ4v) is 4.18. The molecule has 2 heterocycles. The second kappa shape index (κ2) is 8.94. The van der Waals surface area contributed by atoms with Crippen LogP contribution in [0.15, 0.2) is 36.7 Å². The Kier molecular flexibility index (Phi) is 5.94. The van der Waals surface area contributed by atoms with Gasteiger partial charge in [-0.1, -0.05) is 0 Å². The molecule has 1 amide bonds. The Labute approximate surface area is 198 Å². The van der Waals surface area contributed by atoms with E-state index in [9.17, 15) is 22.4 Å². The zero-order valence-electron chi connectivity index (χ0n) is 18.8. The first-order chi connectivity index (χ1) is 16.7. The number of aromatic nitrogens is 2. The van der Waals surface area contributed by atoms with E-state index >= 15 is 0 Å². The minimum absolute atomic E-state index is 0.0160. The van der Waals surface area contributed by atoms with E-state index in [-0.39, 0.29) is 48.5 Å². The minimum Gasteiger partial charge on any atom is -0.496 e. The summed E-state index contributed by atoms with van der Waals surface area (Å²) in [6, 6.07) is 6.25. The molecule has 7 nitrogen and oxygen atoms in total. The van der Waals surface area contributed by atoms with Gasteiger partial charge in [0.05, 0.1) is 25.6 Å². The van der Waals surface area contributed by atoms with Gasteiger partial charge in [-0.05, 0) is 31.0 Å². The van der Waals surface area contributed by atoms with Gasteiger partial charge in [0.2, 0.25) is 5.92 Å². The lowest BCUT2D eigenvalue weighted by atomic mass is 9.82. The highest BCUT2D eigenvalue weighted by atomic mass is 19.3. The summed E-state index contributed by atoms with van der Waals surface area (Å²) in [5.74, 6) is -3.07. The van der Waals surface area contributed by atoms with Gasteiger partial charge in [-0.25, -0.2) is 13.8 Å². The highest BCUT2D eigenvalue weighted by Crippen LogP contribution is 2.42. The standard InChI is InChI=1S/C24H23F4N3O4/c1-33-18-6-14(7-19(35-23(25)26)21(18)22(32)30-15-2-3-15)17-11-29-20-8-16(4-5-31(17)20)34-12-13-9-24(27,28)10-13/h4-8,11,13,15,23H,2-3,9-10,12H2,1H3,(H,30,32). The lowest BCUT2D eigenvalue weighted by Gasteiger charge is -2.34. The minimum atomic E-state index is -3.14. The fraction of sp³-hybridized carbons (Fsp3) is 0.417. The van der Waals surface area contributed by atoms with Crippen LogP contribution in [0.3, 0.4) is 0 Å². The molecule has 186 valence electrons. The van der Waals surface area contributed by atoms with Crippen LogP contribution in [0.2, 0.25) is 0 Å². The third-order valence-electron chi connectivity index (χ3n) is 6.08. The molecule has 0 aliphatic heterocycles. The van der Waals surface area contributed by atoms with Crippen molar-refractivity contribution in [3.05, 3.63) is 42.2 Å². The maximum atomic E-state index is 13.2. The SMILES string of the molecule is COc1cc(-c2cnc3cc(OCC4CC(F)(F)C4)ccn23)cc(OC(F)F)c1C(=O)NC1CC1. The van der Waals surface area contributed by atoms with Gasteiger partial charge in [0.25, 0.3) is 5.91 Å². The molecule has 0 spiro atoms. The number of pyridine rings is 1. The van der Waals surface area contributed by atoms with Crippen LogP contribution in [0, 0.1) is 5.92 Å². The summed E-state index contributed by atoms with van der Waals surface area (Å²) in [6.07, 6.45) is 4.52. The summed E-state index contributed by atoms with van der Waals surface area (Å²) in [6.45, 7) is -2.95. The second-order valence-electron chi connectivity index (χ2n) is 8.85. The number of alkyl halides is 4. The first-order valence-electron chi connectivity index (χ1n) is 11.2. The molecule has 2 aliphatic rings. The smallest absolute Gasteiger partial charge is 0.387 e. The molecule has 2 fully saturated rings. The largest absolute Gasteiger partial charge is 0.496 e. The topological polar surface area (TPSA) is 74.1 Å². The molecule has 3 aromatic rings. The number of nitrogens with zero attached hydrogens (tertiary/aromatic N) is 2. The quantitative estimate of drug-likeness (QED) is 0.428. The van der Waals surface area contributed by atoms with Gasteiger partial charge in [-0.3, -0.25) is 9.20 Å². The molecule has 2 aromatic heterocycles. The van der Waals surface area contributed by atoms with Gasteiger partial charge in [0, 0.05) is 42.6 Å². The van der Waals surface area contributed by atoms with Crippen LogP contribution in [0.1, 0.15) is 36.0 Å². The number of imidazole rings is 1. The van der Waals surface area contributed by atoms with Crippen molar-refractivity contribution >= 4 is 11.6 Å². The van der Waals surface area contributed by atoms with Gasteiger partial charge >= 0.3 is 6.61 Å². The van der Waals surface area contributed by atoms with Crippen LogP contribution in [0.5, 0.6) is 17.2 Å². The van der Waals surface area contributed by atoms with E-state index in [2.05, 4.69) is 15.0 Å². The van der Waals surface area contributed by atoms with Crippen LogP contribution < -0.4 is 19.5 Å². The number of methoxy groups -OCH3 is 1. The van der Waals surface area contributed by atoms with E-state index < -0.39 is 18.4 Å². The van der Waals surface area contributed by atoms with E-state index in [4.69, 9.17) is 9.47 Å². The molecule has 0 bridgehead atoms. The van der Waals surface area contributed by atoms with Crippen molar-refractivity contribution in [2.24, 2.45) is 5.92 Å². The number of rotatable bonds is 9. The number of amides is 1. The van der Waals surface area contributed by atoms with Gasteiger partial charge in [-0.2, -0.15) is 8.78 Å². The molecule has 0 radical (unpaired) electrons. The number of nitrogens with one attached hydrogen (secondary N) is 1. The Morgan fingerprint density at radius 2 is 1.97 bits per heavy atom. The lowest BCUT2D eigenvalue weighted by molar-refractivity contribution is -0.119. The van der Waals surface area contributed by atoms with Crippen LogP contribution >= 0.6 is 0 Å². The molecule has 0 saturated heterocycles. The van der Waals surface area contributed by atoms with Crippen molar-refractivity contribution in [2.75, 3.05) is 13.7 Å². The van der Waals surface area contributed by atoms with Gasteiger partial charge in [-0.15, -0.1) is 0 Å². The predicted octanol–water partition coefficient (Wildman–Crippen LogP) is 4.93. The fourth-order valence-electron chi connectivity index (χ4n) is 4.18. The van der Waals surface area contributed by atoms with Crippen molar-refractivity contribution in [2.45, 2.75) is 44.3 Å². The molecule has 11 heteroatoms. The van der Waals surface area contributed by atoms with E-state index in [0.29, 0.717) is 22.7 Å². The third kappa shape index (κ3) is 4.98. The second-order valence-corrected chi connectivity index (χ2v) is 8.85. The predicted molar refractivity (Wildman–Crippen MR) is 117 cm³/mol. The Hall–Kier alpha value is -3.50. The lowest BCUT2D eigenvalue weighted by Crippen LogP contribution is -2.38. The van der Waals surface area contributed by atoms with Gasteiger partial charge < -0.3 is 19.5 Å². The Morgan fingerprint density at radius 1 is 1.23 bits per heavy atom. The number of hydrogen-bond acceptors (Lipinski definition) is 5. The normalized spacial score (nSPS) is 17.3. The van der Waals surface area contributed by atoms with Crippen LogP contribution in [-0.2, 0) is 0 Å². The zero-order valence-corrected chi connectivity index (χ0v) is 18.8. The molecule has 0 atom stereocenters. The first-order valence-corrected chi connectivity index (χ1v) is 11.2. The number of hydrogen-bond donors (Lipinski definition) is 1. The number of halogens is 4. The molecular formula is C24H23F4N3O4. The molecular weight excluding hydrogens is 470 g/mol. The summed E-state index contributed by atoms with van der Waals surface area (Å²) in [4.78, 5) is 17.1. The average Bonchev–Trinajstić information content (AvgIpc) is 3.50. The van der Waals surface area contributed by atoms with Crippen LogP contribution in [0.4, 0.5) is 17.6 Å². The molecule has 0 unspecified atom stereocenters.